The number of carbonyl (C=O) groups excluding carboxylic acids is 1. The van der Waals surface area contributed by atoms with E-state index in [1.54, 1.807) is 11.3 Å². The molecule has 0 saturated carbocycles. The average molecular weight is 279 g/mol. The van der Waals surface area contributed by atoms with Gasteiger partial charge in [-0.05, 0) is 31.6 Å². The number of anilines is 1. The van der Waals surface area contributed by atoms with Crippen molar-refractivity contribution in [1.82, 2.24) is 9.88 Å². The number of amides is 1. The second-order valence-electron chi connectivity index (χ2n) is 5.71. The summed E-state index contributed by atoms with van der Waals surface area (Å²) in [5.74, 6) is 0.848. The van der Waals surface area contributed by atoms with Crippen LogP contribution in [-0.2, 0) is 0 Å². The molecule has 1 atom stereocenters. The quantitative estimate of drug-likeness (QED) is 0.835. The van der Waals surface area contributed by atoms with Gasteiger partial charge in [-0.15, -0.1) is 11.3 Å². The summed E-state index contributed by atoms with van der Waals surface area (Å²) < 4.78 is 0. The molecule has 1 unspecified atom stereocenters. The van der Waals surface area contributed by atoms with E-state index in [1.165, 1.54) is 12.8 Å². The van der Waals surface area contributed by atoms with E-state index in [0.29, 0.717) is 5.69 Å². The molecule has 0 N–H and O–H groups in total. The first-order chi connectivity index (χ1) is 9.24. The number of carbonyl (C=O) groups is 1. The number of hydrogen-bond acceptors (Lipinski definition) is 4. The van der Waals surface area contributed by atoms with E-state index in [1.807, 2.05) is 10.3 Å². The van der Waals surface area contributed by atoms with Crippen molar-refractivity contribution >= 4 is 22.4 Å². The highest BCUT2D eigenvalue weighted by molar-refractivity contribution is 7.13. The van der Waals surface area contributed by atoms with Gasteiger partial charge in [-0.25, -0.2) is 4.98 Å². The molecule has 104 valence electrons. The first-order valence-electron chi connectivity index (χ1n) is 7.24. The summed E-state index contributed by atoms with van der Waals surface area (Å²) in [6.07, 6.45) is 4.80. The van der Waals surface area contributed by atoms with Crippen molar-refractivity contribution in [2.24, 2.45) is 5.92 Å². The zero-order valence-electron chi connectivity index (χ0n) is 11.5. The Balaban J connectivity index is 1.70. The third-order valence-corrected chi connectivity index (χ3v) is 4.93. The largest absolute Gasteiger partial charge is 0.348 e. The second kappa shape index (κ2) is 5.49. The van der Waals surface area contributed by atoms with E-state index < -0.39 is 0 Å². The van der Waals surface area contributed by atoms with Crippen LogP contribution < -0.4 is 4.90 Å². The lowest BCUT2D eigenvalue weighted by Gasteiger charge is -2.30. The Morgan fingerprint density at radius 2 is 2.11 bits per heavy atom. The Hall–Kier alpha value is -1.10. The van der Waals surface area contributed by atoms with Crippen molar-refractivity contribution in [3.05, 3.63) is 11.1 Å². The summed E-state index contributed by atoms with van der Waals surface area (Å²) in [4.78, 5) is 21.1. The van der Waals surface area contributed by atoms with Gasteiger partial charge in [-0.2, -0.15) is 0 Å². The minimum absolute atomic E-state index is 0.116. The number of piperidine rings is 1. The van der Waals surface area contributed by atoms with Gasteiger partial charge in [0.05, 0.1) is 0 Å². The number of likely N-dealkylation sites (tertiary alicyclic amines) is 1. The maximum absolute atomic E-state index is 12.3. The molecular weight excluding hydrogens is 258 g/mol. The molecule has 5 heteroatoms. The summed E-state index contributed by atoms with van der Waals surface area (Å²) in [6.45, 7) is 6.23. The Bertz CT molecular complexity index is 453. The van der Waals surface area contributed by atoms with Gasteiger partial charge in [0.1, 0.15) is 5.69 Å². The van der Waals surface area contributed by atoms with Gasteiger partial charge < -0.3 is 9.80 Å². The lowest BCUT2D eigenvalue weighted by Crippen LogP contribution is -2.34. The summed E-state index contributed by atoms with van der Waals surface area (Å²) in [6, 6.07) is 0. The zero-order valence-corrected chi connectivity index (χ0v) is 12.3. The molecule has 0 aromatic carbocycles. The van der Waals surface area contributed by atoms with E-state index in [-0.39, 0.29) is 5.91 Å². The molecule has 2 saturated heterocycles. The van der Waals surface area contributed by atoms with Crippen LogP contribution in [0, 0.1) is 5.92 Å². The zero-order chi connectivity index (χ0) is 13.2. The first-order valence-corrected chi connectivity index (χ1v) is 8.12. The lowest BCUT2D eigenvalue weighted by molar-refractivity contribution is 0.0788. The molecule has 2 aliphatic heterocycles. The monoisotopic (exact) mass is 279 g/mol. The molecule has 1 aromatic heterocycles. The van der Waals surface area contributed by atoms with E-state index in [4.69, 9.17) is 0 Å². The summed E-state index contributed by atoms with van der Waals surface area (Å²) in [5, 5.41) is 2.95. The molecule has 19 heavy (non-hydrogen) atoms. The van der Waals surface area contributed by atoms with Crippen LogP contribution >= 0.6 is 11.3 Å². The van der Waals surface area contributed by atoms with Crippen LogP contribution in [0.1, 0.15) is 43.1 Å². The van der Waals surface area contributed by atoms with Crippen LogP contribution in [0.2, 0.25) is 0 Å². The molecule has 2 fully saturated rings. The molecule has 4 nitrogen and oxygen atoms in total. The molecule has 0 spiro atoms. The average Bonchev–Trinajstić information content (AvgIpc) is 3.10. The topological polar surface area (TPSA) is 36.4 Å². The molecule has 1 aromatic rings. The first kappa shape index (κ1) is 12.9. The standard InChI is InChI=1S/C14H21N3OS/c1-11-5-4-8-17(9-11)14-15-12(10-19-14)13(18)16-6-2-3-7-16/h10-11H,2-9H2,1H3. The molecule has 0 bridgehead atoms. The van der Waals surface area contributed by atoms with E-state index >= 15 is 0 Å². The highest BCUT2D eigenvalue weighted by atomic mass is 32.1. The van der Waals surface area contributed by atoms with Crippen molar-refractivity contribution in [2.75, 3.05) is 31.1 Å². The Labute approximate surface area is 118 Å². The van der Waals surface area contributed by atoms with Gasteiger partial charge >= 0.3 is 0 Å². The molecule has 0 aliphatic carbocycles. The molecular formula is C14H21N3OS. The smallest absolute Gasteiger partial charge is 0.273 e. The minimum Gasteiger partial charge on any atom is -0.348 e. The van der Waals surface area contributed by atoms with Gasteiger partial charge in [0.25, 0.3) is 5.91 Å². The molecule has 2 aliphatic rings. The van der Waals surface area contributed by atoms with Crippen molar-refractivity contribution in [1.29, 1.82) is 0 Å². The van der Waals surface area contributed by atoms with Crippen LogP contribution in [0.15, 0.2) is 5.38 Å². The fourth-order valence-electron chi connectivity index (χ4n) is 2.95. The van der Waals surface area contributed by atoms with Crippen LogP contribution in [-0.4, -0.2) is 42.0 Å². The molecule has 3 heterocycles. The molecule has 3 rings (SSSR count). The number of nitrogens with zero attached hydrogens (tertiary/aromatic N) is 3. The van der Waals surface area contributed by atoms with Crippen LogP contribution in [0.25, 0.3) is 0 Å². The fourth-order valence-corrected chi connectivity index (χ4v) is 3.79. The number of thiazole rings is 1. The number of hydrogen-bond donors (Lipinski definition) is 0. The Morgan fingerprint density at radius 3 is 2.84 bits per heavy atom. The van der Waals surface area contributed by atoms with Crippen LogP contribution in [0.3, 0.4) is 0 Å². The normalized spacial score (nSPS) is 23.9. The third-order valence-electron chi connectivity index (χ3n) is 4.03. The van der Waals surface area contributed by atoms with Crippen LogP contribution in [0.4, 0.5) is 5.13 Å². The summed E-state index contributed by atoms with van der Waals surface area (Å²) >= 11 is 1.61. The number of rotatable bonds is 2. The summed E-state index contributed by atoms with van der Waals surface area (Å²) in [5.41, 5.74) is 0.639. The highest BCUT2D eigenvalue weighted by Crippen LogP contribution is 2.27. The lowest BCUT2D eigenvalue weighted by atomic mass is 10.0. The van der Waals surface area contributed by atoms with Crippen LogP contribution in [0.5, 0.6) is 0 Å². The van der Waals surface area contributed by atoms with Crippen molar-refractivity contribution in [3.63, 3.8) is 0 Å². The molecule has 0 radical (unpaired) electrons. The van der Waals surface area contributed by atoms with Gasteiger partial charge in [0.2, 0.25) is 0 Å². The third kappa shape index (κ3) is 2.76. The SMILES string of the molecule is CC1CCCN(c2nc(C(=O)N3CCCC3)cs2)C1. The van der Waals surface area contributed by atoms with Crippen molar-refractivity contribution in [2.45, 2.75) is 32.6 Å². The Kier molecular flexibility index (Phi) is 3.73. The molecule has 1 amide bonds. The fraction of sp³-hybridized carbons (Fsp3) is 0.714. The van der Waals surface area contributed by atoms with Gasteiger partial charge in [-0.3, -0.25) is 4.79 Å². The minimum atomic E-state index is 0.116. The van der Waals surface area contributed by atoms with Crippen molar-refractivity contribution in [3.8, 4) is 0 Å². The summed E-state index contributed by atoms with van der Waals surface area (Å²) in [7, 11) is 0. The maximum Gasteiger partial charge on any atom is 0.273 e. The number of aromatic nitrogens is 1. The Morgan fingerprint density at radius 1 is 1.32 bits per heavy atom. The van der Waals surface area contributed by atoms with Gasteiger partial charge in [0.15, 0.2) is 5.13 Å². The predicted molar refractivity (Wildman–Crippen MR) is 77.9 cm³/mol. The van der Waals surface area contributed by atoms with E-state index in [0.717, 1.165) is 50.1 Å². The van der Waals surface area contributed by atoms with Crippen molar-refractivity contribution < 1.29 is 4.79 Å². The van der Waals surface area contributed by atoms with E-state index in [9.17, 15) is 4.79 Å². The highest BCUT2D eigenvalue weighted by Gasteiger charge is 2.24. The second-order valence-corrected chi connectivity index (χ2v) is 6.54. The van der Waals surface area contributed by atoms with E-state index in [2.05, 4.69) is 16.8 Å². The van der Waals surface area contributed by atoms with Gasteiger partial charge in [0, 0.05) is 31.6 Å². The predicted octanol–water partition coefficient (Wildman–Crippen LogP) is 2.62. The van der Waals surface area contributed by atoms with Gasteiger partial charge in [-0.1, -0.05) is 6.92 Å². The maximum atomic E-state index is 12.3.